The van der Waals surface area contributed by atoms with Gasteiger partial charge in [0.05, 0.1) is 6.20 Å². The third kappa shape index (κ3) is 2.09. The molecule has 0 aromatic carbocycles. The lowest BCUT2D eigenvalue weighted by atomic mass is 10.5. The van der Waals surface area contributed by atoms with E-state index in [1.165, 1.54) is 18.5 Å². The zero-order valence-corrected chi connectivity index (χ0v) is 5.82. The SMILES string of the molecule is O=[P+]([O-])Oc1cccnc1. The molecule has 1 heterocycles. The van der Waals surface area contributed by atoms with Gasteiger partial charge in [0.15, 0.2) is 0 Å². The Labute approximate surface area is 58.4 Å². The van der Waals surface area contributed by atoms with Crippen LogP contribution in [0, 0.1) is 0 Å². The maximum absolute atomic E-state index is 9.96. The van der Waals surface area contributed by atoms with Gasteiger partial charge in [-0.2, -0.15) is 0 Å². The van der Waals surface area contributed by atoms with Crippen molar-refractivity contribution < 1.29 is 14.0 Å². The van der Waals surface area contributed by atoms with Gasteiger partial charge in [0.1, 0.15) is 0 Å². The highest BCUT2D eigenvalue weighted by atomic mass is 31.1. The van der Waals surface area contributed by atoms with Crippen molar-refractivity contribution in [1.82, 2.24) is 4.98 Å². The van der Waals surface area contributed by atoms with E-state index < -0.39 is 8.25 Å². The molecule has 52 valence electrons. The van der Waals surface area contributed by atoms with Crippen molar-refractivity contribution in [2.45, 2.75) is 0 Å². The van der Waals surface area contributed by atoms with Crippen molar-refractivity contribution in [2.24, 2.45) is 0 Å². The van der Waals surface area contributed by atoms with Crippen molar-refractivity contribution in [3.05, 3.63) is 24.5 Å². The van der Waals surface area contributed by atoms with Crippen molar-refractivity contribution >= 4 is 8.25 Å². The topological polar surface area (TPSA) is 62.2 Å². The van der Waals surface area contributed by atoms with Gasteiger partial charge in [-0.3, -0.25) is 9.51 Å². The van der Waals surface area contributed by atoms with E-state index in [1.54, 1.807) is 6.07 Å². The molecule has 5 heteroatoms. The summed E-state index contributed by atoms with van der Waals surface area (Å²) < 4.78 is 14.3. The van der Waals surface area contributed by atoms with Crippen LogP contribution in [0.25, 0.3) is 0 Å². The molecule has 0 aliphatic carbocycles. The van der Waals surface area contributed by atoms with Gasteiger partial charge in [0.2, 0.25) is 5.75 Å². The quantitative estimate of drug-likeness (QED) is 0.585. The van der Waals surface area contributed by atoms with E-state index in [0.717, 1.165) is 0 Å². The molecule has 1 aromatic rings. The molecule has 0 aliphatic heterocycles. The van der Waals surface area contributed by atoms with Gasteiger partial charge < -0.3 is 4.89 Å². The fourth-order valence-corrected chi connectivity index (χ4v) is 0.767. The Morgan fingerprint density at radius 1 is 1.70 bits per heavy atom. The summed E-state index contributed by atoms with van der Waals surface area (Å²) in [5, 5.41) is 0. The zero-order valence-electron chi connectivity index (χ0n) is 4.93. The summed E-state index contributed by atoms with van der Waals surface area (Å²) in [5.74, 6) is 0.235. The van der Waals surface area contributed by atoms with Crippen molar-refractivity contribution in [1.29, 1.82) is 0 Å². The Balaban J connectivity index is 2.67. The van der Waals surface area contributed by atoms with Crippen LogP contribution in [0.3, 0.4) is 0 Å². The first kappa shape index (κ1) is 7.12. The fourth-order valence-electron chi connectivity index (χ4n) is 0.487. The summed E-state index contributed by atoms with van der Waals surface area (Å²) in [7, 11) is -2.82. The van der Waals surface area contributed by atoms with E-state index in [9.17, 15) is 9.46 Å². The average Bonchev–Trinajstić information content (AvgIpc) is 1.88. The van der Waals surface area contributed by atoms with Gasteiger partial charge in [0.25, 0.3) is 0 Å². The summed E-state index contributed by atoms with van der Waals surface area (Å²) in [6, 6.07) is 3.10. The first-order chi connectivity index (χ1) is 4.79. The van der Waals surface area contributed by atoms with Crippen LogP contribution in [0.4, 0.5) is 0 Å². The van der Waals surface area contributed by atoms with Crippen LogP contribution in [0.1, 0.15) is 0 Å². The van der Waals surface area contributed by atoms with Gasteiger partial charge in [0, 0.05) is 6.20 Å². The molecule has 0 aliphatic rings. The van der Waals surface area contributed by atoms with E-state index >= 15 is 0 Å². The van der Waals surface area contributed by atoms with Crippen LogP contribution in [0.5, 0.6) is 5.75 Å². The average molecular weight is 157 g/mol. The van der Waals surface area contributed by atoms with E-state index in [2.05, 4.69) is 9.51 Å². The molecule has 0 N–H and O–H groups in total. The lowest BCUT2D eigenvalue weighted by molar-refractivity contribution is -0.178. The molecule has 0 bridgehead atoms. The standard InChI is InChI=1S/C5H4NO3P/c7-10(8)9-5-2-1-3-6-4-5/h1-4H. The Morgan fingerprint density at radius 2 is 2.50 bits per heavy atom. The molecule has 0 amide bonds. The molecule has 0 saturated heterocycles. The Morgan fingerprint density at radius 3 is 3.00 bits per heavy atom. The molecule has 10 heavy (non-hydrogen) atoms. The first-order valence-corrected chi connectivity index (χ1v) is 3.61. The van der Waals surface area contributed by atoms with Crippen LogP contribution in [-0.2, 0) is 4.57 Å². The largest absolute Gasteiger partial charge is 0.558 e. The molecule has 4 nitrogen and oxygen atoms in total. The van der Waals surface area contributed by atoms with Crippen LogP contribution in [0.15, 0.2) is 24.5 Å². The molecule has 0 saturated carbocycles. The van der Waals surface area contributed by atoms with Crippen LogP contribution in [0.2, 0.25) is 0 Å². The molecule has 0 spiro atoms. The maximum atomic E-state index is 9.96. The third-order valence-corrected chi connectivity index (χ3v) is 1.17. The number of pyridine rings is 1. The highest BCUT2D eigenvalue weighted by Gasteiger charge is 2.02. The summed E-state index contributed by atoms with van der Waals surface area (Å²) >= 11 is 0. The Bertz CT molecular complexity index is 226. The minimum absolute atomic E-state index is 0.235. The summed E-state index contributed by atoms with van der Waals surface area (Å²) in [6.45, 7) is 0. The van der Waals surface area contributed by atoms with E-state index in [0.29, 0.717) is 0 Å². The lowest BCUT2D eigenvalue weighted by Crippen LogP contribution is -1.92. The van der Waals surface area contributed by atoms with E-state index in [-0.39, 0.29) is 5.75 Å². The van der Waals surface area contributed by atoms with Crippen LogP contribution < -0.4 is 9.42 Å². The molecule has 0 fully saturated rings. The molecule has 1 aromatic heterocycles. The molecular weight excluding hydrogens is 153 g/mol. The van der Waals surface area contributed by atoms with Gasteiger partial charge in [-0.15, -0.1) is 0 Å². The highest BCUT2D eigenvalue weighted by molar-refractivity contribution is 7.31. The zero-order chi connectivity index (χ0) is 7.40. The van der Waals surface area contributed by atoms with Crippen LogP contribution >= 0.6 is 8.25 Å². The van der Waals surface area contributed by atoms with Crippen molar-refractivity contribution in [3.8, 4) is 5.75 Å². The number of hydrogen-bond acceptors (Lipinski definition) is 4. The molecule has 1 rings (SSSR count). The smallest absolute Gasteiger partial charge is 0.539 e. The Kier molecular flexibility index (Phi) is 2.31. The normalized spacial score (nSPS) is 10.7. The number of aromatic nitrogens is 1. The molecular formula is C5H4NO3P. The predicted molar refractivity (Wildman–Crippen MR) is 32.5 cm³/mol. The van der Waals surface area contributed by atoms with Gasteiger partial charge in [-0.1, -0.05) is 0 Å². The summed E-state index contributed by atoms with van der Waals surface area (Å²) in [6.07, 6.45) is 2.86. The number of nitrogens with zero attached hydrogens (tertiary/aromatic N) is 1. The van der Waals surface area contributed by atoms with Crippen molar-refractivity contribution in [2.75, 3.05) is 0 Å². The van der Waals surface area contributed by atoms with Gasteiger partial charge in [-0.05, 0) is 16.7 Å². The van der Waals surface area contributed by atoms with E-state index in [4.69, 9.17) is 0 Å². The third-order valence-electron chi connectivity index (χ3n) is 0.814. The second-order valence-electron chi connectivity index (χ2n) is 1.50. The minimum atomic E-state index is -2.82. The second-order valence-corrected chi connectivity index (χ2v) is 2.13. The minimum Gasteiger partial charge on any atom is -0.558 e. The van der Waals surface area contributed by atoms with Gasteiger partial charge in [-0.25, -0.2) is 0 Å². The molecule has 0 radical (unpaired) electrons. The summed E-state index contributed by atoms with van der Waals surface area (Å²) in [5.41, 5.74) is 0. The fraction of sp³-hybridized carbons (Fsp3) is 0. The highest BCUT2D eigenvalue weighted by Crippen LogP contribution is 2.17. The Hall–Kier alpha value is -0.990. The monoisotopic (exact) mass is 157 g/mol. The summed E-state index contributed by atoms with van der Waals surface area (Å²) in [4.78, 5) is 13.6. The van der Waals surface area contributed by atoms with Crippen molar-refractivity contribution in [3.63, 3.8) is 0 Å². The second kappa shape index (κ2) is 3.25. The maximum Gasteiger partial charge on any atom is 0.539 e. The molecule has 1 unspecified atom stereocenters. The predicted octanol–water partition coefficient (Wildman–Crippen LogP) is 0.478. The number of rotatable bonds is 2. The van der Waals surface area contributed by atoms with Crippen LogP contribution in [-0.4, -0.2) is 4.98 Å². The first-order valence-electron chi connectivity index (χ1n) is 2.51. The van der Waals surface area contributed by atoms with E-state index in [1.807, 2.05) is 0 Å². The number of hydrogen-bond donors (Lipinski definition) is 0. The molecule has 1 atom stereocenters. The lowest BCUT2D eigenvalue weighted by Gasteiger charge is -1.89. The van der Waals surface area contributed by atoms with Gasteiger partial charge >= 0.3 is 8.25 Å².